The zero-order chi connectivity index (χ0) is 24.6. The molecular formula is C27H29ClN2O5. The molecule has 8 heteroatoms. The number of rotatable bonds is 6. The topological polar surface area (TPSA) is 62.2 Å². The van der Waals surface area contributed by atoms with Crippen LogP contribution in [0.2, 0.25) is 5.02 Å². The number of aromatic nitrogens is 1. The quantitative estimate of drug-likeness (QED) is 0.476. The lowest BCUT2D eigenvalue weighted by Crippen LogP contribution is -2.50. The van der Waals surface area contributed by atoms with Gasteiger partial charge in [-0.1, -0.05) is 11.6 Å². The number of hydrogen-bond donors (Lipinski definition) is 0. The summed E-state index contributed by atoms with van der Waals surface area (Å²) in [6.45, 7) is 3.53. The summed E-state index contributed by atoms with van der Waals surface area (Å²) in [7, 11) is 3.20. The average molecular weight is 497 g/mol. The lowest BCUT2D eigenvalue weighted by Gasteiger charge is -2.45. The first kappa shape index (κ1) is 23.6. The standard InChI is InChI=1S/C27H29ClN2O5/c1-18(17-32-2)34-22-9-6-19(15-24(22)33-3)26(31)29-13-10-27(11-14-29)25-5-4-12-30(25)21-8-7-20(28)16-23(21)35-27/h4-9,12,15-16,18H,10-11,13-14,17H2,1-3H3/t18-/m1/s1. The van der Waals surface area contributed by atoms with Crippen molar-refractivity contribution in [2.75, 3.05) is 33.9 Å². The van der Waals surface area contributed by atoms with Gasteiger partial charge in [-0.15, -0.1) is 0 Å². The number of fused-ring (bicyclic) bond motifs is 4. The molecular weight excluding hydrogens is 468 g/mol. The largest absolute Gasteiger partial charge is 0.493 e. The Kier molecular flexibility index (Phi) is 6.38. The van der Waals surface area contributed by atoms with Crippen LogP contribution in [0.15, 0.2) is 54.7 Å². The molecule has 0 unspecified atom stereocenters. The second kappa shape index (κ2) is 9.47. The van der Waals surface area contributed by atoms with E-state index in [1.165, 1.54) is 0 Å². The molecule has 0 aliphatic carbocycles. The van der Waals surface area contributed by atoms with E-state index < -0.39 is 5.60 Å². The maximum atomic E-state index is 13.4. The molecule has 1 aromatic heterocycles. The number of piperidine rings is 1. The molecule has 35 heavy (non-hydrogen) atoms. The van der Waals surface area contributed by atoms with Crippen molar-refractivity contribution in [3.8, 4) is 22.9 Å². The molecule has 2 aliphatic rings. The molecule has 0 radical (unpaired) electrons. The Labute approximate surface area is 210 Å². The average Bonchev–Trinajstić information content (AvgIpc) is 3.36. The molecule has 5 rings (SSSR count). The van der Waals surface area contributed by atoms with Crippen LogP contribution >= 0.6 is 11.6 Å². The van der Waals surface area contributed by atoms with Crippen LogP contribution in [0.1, 0.15) is 35.8 Å². The fraction of sp³-hybridized carbons (Fsp3) is 0.370. The van der Waals surface area contributed by atoms with Gasteiger partial charge >= 0.3 is 0 Å². The van der Waals surface area contributed by atoms with Crippen molar-refractivity contribution in [1.82, 2.24) is 9.47 Å². The minimum absolute atomic E-state index is 0.0377. The summed E-state index contributed by atoms with van der Waals surface area (Å²) in [5, 5.41) is 0.639. The molecule has 1 amide bonds. The summed E-state index contributed by atoms with van der Waals surface area (Å²) in [6, 6.07) is 15.1. The van der Waals surface area contributed by atoms with Gasteiger partial charge in [-0.25, -0.2) is 0 Å². The number of ether oxygens (including phenoxy) is 4. The van der Waals surface area contributed by atoms with E-state index >= 15 is 0 Å². The molecule has 1 saturated heterocycles. The van der Waals surface area contributed by atoms with Crippen molar-refractivity contribution in [1.29, 1.82) is 0 Å². The fourth-order valence-electron chi connectivity index (χ4n) is 4.99. The first-order chi connectivity index (χ1) is 16.9. The molecule has 2 aromatic carbocycles. The third kappa shape index (κ3) is 4.34. The predicted molar refractivity (Wildman–Crippen MR) is 133 cm³/mol. The van der Waals surface area contributed by atoms with Gasteiger partial charge in [-0.05, 0) is 49.4 Å². The molecule has 3 aromatic rings. The summed E-state index contributed by atoms with van der Waals surface area (Å²) in [4.78, 5) is 15.2. The Morgan fingerprint density at radius 1 is 1.11 bits per heavy atom. The van der Waals surface area contributed by atoms with Crippen molar-refractivity contribution in [3.63, 3.8) is 0 Å². The maximum absolute atomic E-state index is 13.4. The van der Waals surface area contributed by atoms with E-state index in [0.717, 1.165) is 17.1 Å². The minimum atomic E-state index is -0.495. The van der Waals surface area contributed by atoms with E-state index in [1.54, 1.807) is 32.4 Å². The van der Waals surface area contributed by atoms with E-state index in [4.69, 9.17) is 30.5 Å². The molecule has 7 nitrogen and oxygen atoms in total. The second-order valence-corrected chi connectivity index (χ2v) is 9.45. The number of halogens is 1. The molecule has 0 saturated carbocycles. The van der Waals surface area contributed by atoms with Crippen molar-refractivity contribution in [2.24, 2.45) is 0 Å². The highest BCUT2D eigenvalue weighted by molar-refractivity contribution is 6.30. The number of nitrogens with zero attached hydrogens (tertiary/aromatic N) is 2. The van der Waals surface area contributed by atoms with Crippen molar-refractivity contribution < 1.29 is 23.7 Å². The highest BCUT2D eigenvalue weighted by atomic mass is 35.5. The molecule has 1 spiro atoms. The van der Waals surface area contributed by atoms with Gasteiger partial charge in [-0.2, -0.15) is 0 Å². The summed E-state index contributed by atoms with van der Waals surface area (Å²) >= 11 is 6.25. The predicted octanol–water partition coefficient (Wildman–Crippen LogP) is 5.08. The van der Waals surface area contributed by atoms with Gasteiger partial charge in [0.2, 0.25) is 0 Å². The Morgan fingerprint density at radius 3 is 2.66 bits per heavy atom. The normalized spacial score (nSPS) is 16.7. The van der Waals surface area contributed by atoms with Crippen molar-refractivity contribution in [3.05, 3.63) is 71.0 Å². The monoisotopic (exact) mass is 496 g/mol. The van der Waals surface area contributed by atoms with Gasteiger partial charge in [0.1, 0.15) is 11.9 Å². The Morgan fingerprint density at radius 2 is 1.91 bits per heavy atom. The van der Waals surface area contributed by atoms with Gasteiger partial charge in [0.15, 0.2) is 17.1 Å². The highest BCUT2D eigenvalue weighted by Gasteiger charge is 2.44. The first-order valence-corrected chi connectivity index (χ1v) is 12.1. The van der Waals surface area contributed by atoms with Crippen LogP contribution in [0.3, 0.4) is 0 Å². The van der Waals surface area contributed by atoms with Crippen LogP contribution < -0.4 is 14.2 Å². The maximum Gasteiger partial charge on any atom is 0.253 e. The lowest BCUT2D eigenvalue weighted by molar-refractivity contribution is -0.00930. The van der Waals surface area contributed by atoms with Crippen molar-refractivity contribution in [2.45, 2.75) is 31.5 Å². The van der Waals surface area contributed by atoms with E-state index in [0.29, 0.717) is 54.6 Å². The van der Waals surface area contributed by atoms with E-state index in [-0.39, 0.29) is 12.0 Å². The Balaban J connectivity index is 1.32. The molecule has 0 bridgehead atoms. The Bertz CT molecular complexity index is 1230. The van der Waals surface area contributed by atoms with E-state index in [1.807, 2.05) is 42.3 Å². The van der Waals surface area contributed by atoms with Gasteiger partial charge in [-0.3, -0.25) is 4.79 Å². The zero-order valence-corrected chi connectivity index (χ0v) is 20.9. The summed E-state index contributed by atoms with van der Waals surface area (Å²) < 4.78 is 25.3. The van der Waals surface area contributed by atoms with E-state index in [9.17, 15) is 4.79 Å². The van der Waals surface area contributed by atoms with Crippen LogP contribution in [-0.2, 0) is 10.3 Å². The number of carbonyl (C=O) groups is 1. The number of methoxy groups -OCH3 is 2. The van der Waals surface area contributed by atoms with E-state index in [2.05, 4.69) is 10.6 Å². The summed E-state index contributed by atoms with van der Waals surface area (Å²) in [5.74, 6) is 1.84. The lowest BCUT2D eigenvalue weighted by atomic mass is 9.86. The molecule has 2 aliphatic heterocycles. The van der Waals surface area contributed by atoms with Gasteiger partial charge in [0.25, 0.3) is 5.91 Å². The van der Waals surface area contributed by atoms with Crippen LogP contribution in [0.25, 0.3) is 5.69 Å². The molecule has 3 heterocycles. The third-order valence-electron chi connectivity index (χ3n) is 6.70. The molecule has 1 fully saturated rings. The van der Waals surface area contributed by atoms with Crippen LogP contribution in [-0.4, -0.2) is 55.4 Å². The highest BCUT2D eigenvalue weighted by Crippen LogP contribution is 2.46. The summed E-state index contributed by atoms with van der Waals surface area (Å²) in [5.41, 5.74) is 2.15. The van der Waals surface area contributed by atoms with Gasteiger partial charge in [0.05, 0.1) is 25.1 Å². The van der Waals surface area contributed by atoms with Crippen LogP contribution in [0, 0.1) is 0 Å². The van der Waals surface area contributed by atoms with Crippen LogP contribution in [0.4, 0.5) is 0 Å². The number of carbonyl (C=O) groups excluding carboxylic acids is 1. The number of hydrogen-bond acceptors (Lipinski definition) is 5. The Hall–Kier alpha value is -3.16. The second-order valence-electron chi connectivity index (χ2n) is 9.01. The van der Waals surface area contributed by atoms with Crippen LogP contribution in [0.5, 0.6) is 17.2 Å². The number of amides is 1. The number of benzene rings is 2. The third-order valence-corrected chi connectivity index (χ3v) is 6.94. The molecule has 1 atom stereocenters. The number of likely N-dealkylation sites (tertiary alicyclic amines) is 1. The van der Waals surface area contributed by atoms with Gasteiger partial charge < -0.3 is 28.4 Å². The minimum Gasteiger partial charge on any atom is -0.493 e. The smallest absolute Gasteiger partial charge is 0.253 e. The molecule has 0 N–H and O–H groups in total. The zero-order valence-electron chi connectivity index (χ0n) is 20.1. The summed E-state index contributed by atoms with van der Waals surface area (Å²) in [6.07, 6.45) is 3.28. The SMILES string of the molecule is COC[C@@H](C)Oc1ccc(C(=O)N2CCC3(CC2)Oc2cc(Cl)ccc2-n2cccc23)cc1OC. The fourth-order valence-corrected chi connectivity index (χ4v) is 5.15. The first-order valence-electron chi connectivity index (χ1n) is 11.7. The van der Waals surface area contributed by atoms with Crippen molar-refractivity contribution >= 4 is 17.5 Å². The molecule has 184 valence electrons. The van der Waals surface area contributed by atoms with Gasteiger partial charge in [0, 0.05) is 55.9 Å².